The van der Waals surface area contributed by atoms with Crippen LogP contribution in [-0.4, -0.2) is 5.91 Å². The number of thiophene rings is 1. The van der Waals surface area contributed by atoms with Gasteiger partial charge in [-0.05, 0) is 17.0 Å². The summed E-state index contributed by atoms with van der Waals surface area (Å²) in [5.41, 5.74) is 1.12. The summed E-state index contributed by atoms with van der Waals surface area (Å²) < 4.78 is 0.779. The van der Waals surface area contributed by atoms with Crippen molar-refractivity contribution < 1.29 is 4.79 Å². The number of hydrogen-bond donors (Lipinski definition) is 1. The van der Waals surface area contributed by atoms with Gasteiger partial charge in [-0.15, -0.1) is 11.3 Å². The van der Waals surface area contributed by atoms with Crippen LogP contribution in [0.3, 0.4) is 0 Å². The van der Waals surface area contributed by atoms with Crippen molar-refractivity contribution in [1.29, 1.82) is 0 Å². The minimum Gasteiger partial charge on any atom is -0.349 e. The Balaban J connectivity index is 2.12. The average molecular weight is 188 g/mol. The Labute approximate surface area is 73.2 Å². The summed E-state index contributed by atoms with van der Waals surface area (Å²) in [6, 6.07) is 2.11. The minimum atomic E-state index is 0.123. The topological polar surface area (TPSA) is 29.1 Å². The SMILES string of the molecule is O=C1CC(c2csc(Cl)c2)N1. The Hall–Kier alpha value is -0.540. The molecule has 1 aliphatic rings. The molecule has 1 unspecified atom stereocenters. The predicted octanol–water partition coefficient (Wildman–Crippen LogP) is 1.96. The first-order valence-electron chi connectivity index (χ1n) is 3.29. The van der Waals surface area contributed by atoms with Crippen LogP contribution < -0.4 is 5.32 Å². The van der Waals surface area contributed by atoms with Gasteiger partial charge in [0.05, 0.1) is 16.8 Å². The summed E-state index contributed by atoms with van der Waals surface area (Å²) in [5, 5.41) is 4.76. The van der Waals surface area contributed by atoms with Crippen LogP contribution in [0.1, 0.15) is 18.0 Å². The number of β-lactam (4-membered cyclic amide) rings is 1. The molecule has 0 radical (unpaired) electrons. The Morgan fingerprint density at radius 3 is 2.91 bits per heavy atom. The number of nitrogens with one attached hydrogen (secondary N) is 1. The van der Waals surface area contributed by atoms with Crippen LogP contribution in [-0.2, 0) is 4.79 Å². The van der Waals surface area contributed by atoms with Crippen LogP contribution >= 0.6 is 22.9 Å². The van der Waals surface area contributed by atoms with Gasteiger partial charge in [-0.1, -0.05) is 11.6 Å². The number of carbonyl (C=O) groups excluding carboxylic acids is 1. The number of carbonyl (C=O) groups is 1. The monoisotopic (exact) mass is 187 g/mol. The lowest BCUT2D eigenvalue weighted by Crippen LogP contribution is -2.41. The van der Waals surface area contributed by atoms with Gasteiger partial charge in [0.25, 0.3) is 0 Å². The molecule has 1 aromatic heterocycles. The van der Waals surface area contributed by atoms with Gasteiger partial charge in [0.2, 0.25) is 5.91 Å². The first-order valence-corrected chi connectivity index (χ1v) is 4.55. The van der Waals surface area contributed by atoms with E-state index in [-0.39, 0.29) is 11.9 Å². The summed E-state index contributed by atoms with van der Waals surface area (Å²) in [7, 11) is 0. The van der Waals surface area contributed by atoms with Crippen LogP contribution in [0.5, 0.6) is 0 Å². The summed E-state index contributed by atoms with van der Waals surface area (Å²) >= 11 is 7.23. The van der Waals surface area contributed by atoms with Crippen LogP contribution in [0, 0.1) is 0 Å². The molecule has 0 aromatic carbocycles. The van der Waals surface area contributed by atoms with Gasteiger partial charge >= 0.3 is 0 Å². The summed E-state index contributed by atoms with van der Waals surface area (Å²) in [4.78, 5) is 10.5. The van der Waals surface area contributed by atoms with Gasteiger partial charge in [0.15, 0.2) is 0 Å². The largest absolute Gasteiger partial charge is 0.349 e. The summed E-state index contributed by atoms with van der Waals surface area (Å²) in [6.45, 7) is 0. The molecule has 0 spiro atoms. The molecule has 1 saturated heterocycles. The Kier molecular flexibility index (Phi) is 1.62. The molecular formula is C7H6ClNOS. The molecule has 0 bridgehead atoms. The lowest BCUT2D eigenvalue weighted by molar-refractivity contribution is -0.128. The molecule has 2 heterocycles. The summed E-state index contributed by atoms with van der Waals surface area (Å²) in [5.74, 6) is 0.123. The van der Waals surface area contributed by atoms with E-state index in [2.05, 4.69) is 5.32 Å². The fraction of sp³-hybridized carbons (Fsp3) is 0.286. The molecule has 11 heavy (non-hydrogen) atoms. The van der Waals surface area contributed by atoms with E-state index in [0.29, 0.717) is 6.42 Å². The lowest BCUT2D eigenvalue weighted by Gasteiger charge is -2.25. The summed E-state index contributed by atoms with van der Waals surface area (Å²) in [6.07, 6.45) is 0.604. The van der Waals surface area contributed by atoms with E-state index in [1.165, 1.54) is 11.3 Å². The van der Waals surface area contributed by atoms with E-state index >= 15 is 0 Å². The third-order valence-electron chi connectivity index (χ3n) is 1.71. The van der Waals surface area contributed by atoms with E-state index < -0.39 is 0 Å². The number of amides is 1. The van der Waals surface area contributed by atoms with Crippen molar-refractivity contribution in [3.63, 3.8) is 0 Å². The standard InChI is InChI=1S/C7H6ClNOS/c8-6-1-4(3-11-6)5-2-7(10)9-5/h1,3,5H,2H2,(H,9,10). The quantitative estimate of drug-likeness (QED) is 0.670. The smallest absolute Gasteiger partial charge is 0.222 e. The molecule has 0 aliphatic carbocycles. The molecule has 1 aliphatic heterocycles. The van der Waals surface area contributed by atoms with Crippen LogP contribution in [0.15, 0.2) is 11.4 Å². The van der Waals surface area contributed by atoms with Crippen molar-refractivity contribution in [2.75, 3.05) is 0 Å². The fourth-order valence-electron chi connectivity index (χ4n) is 1.07. The zero-order valence-corrected chi connectivity index (χ0v) is 7.21. The first-order chi connectivity index (χ1) is 5.25. The molecule has 4 heteroatoms. The molecule has 1 aromatic rings. The molecule has 1 N–H and O–H groups in total. The second-order valence-corrected chi connectivity index (χ2v) is 4.05. The Bertz CT molecular complexity index is 288. The maximum absolute atomic E-state index is 10.5. The van der Waals surface area contributed by atoms with E-state index in [4.69, 9.17) is 11.6 Å². The van der Waals surface area contributed by atoms with E-state index in [1.54, 1.807) is 0 Å². The average Bonchev–Trinajstić information content (AvgIpc) is 2.29. The zero-order chi connectivity index (χ0) is 7.84. The van der Waals surface area contributed by atoms with Gasteiger partial charge in [-0.2, -0.15) is 0 Å². The molecule has 2 nitrogen and oxygen atoms in total. The van der Waals surface area contributed by atoms with Crippen molar-refractivity contribution >= 4 is 28.8 Å². The molecule has 1 fully saturated rings. The van der Waals surface area contributed by atoms with Crippen molar-refractivity contribution in [1.82, 2.24) is 5.32 Å². The van der Waals surface area contributed by atoms with Crippen molar-refractivity contribution in [2.24, 2.45) is 0 Å². The molecular weight excluding hydrogens is 182 g/mol. The Morgan fingerprint density at radius 1 is 1.73 bits per heavy atom. The maximum Gasteiger partial charge on any atom is 0.222 e. The first kappa shape index (κ1) is 7.13. The van der Waals surface area contributed by atoms with Gasteiger partial charge in [-0.25, -0.2) is 0 Å². The molecule has 1 atom stereocenters. The highest BCUT2D eigenvalue weighted by molar-refractivity contribution is 7.14. The van der Waals surface area contributed by atoms with Gasteiger partial charge in [0.1, 0.15) is 0 Å². The van der Waals surface area contributed by atoms with Crippen LogP contribution in [0.2, 0.25) is 4.34 Å². The van der Waals surface area contributed by atoms with Crippen molar-refractivity contribution in [3.8, 4) is 0 Å². The highest BCUT2D eigenvalue weighted by Gasteiger charge is 2.27. The van der Waals surface area contributed by atoms with Crippen LogP contribution in [0.25, 0.3) is 0 Å². The maximum atomic E-state index is 10.5. The lowest BCUT2D eigenvalue weighted by atomic mass is 10.0. The molecule has 0 saturated carbocycles. The third-order valence-corrected chi connectivity index (χ3v) is 2.82. The van der Waals surface area contributed by atoms with Gasteiger partial charge < -0.3 is 5.32 Å². The van der Waals surface area contributed by atoms with Crippen molar-refractivity contribution in [2.45, 2.75) is 12.5 Å². The highest BCUT2D eigenvalue weighted by Crippen LogP contribution is 2.29. The van der Waals surface area contributed by atoms with Gasteiger partial charge in [-0.3, -0.25) is 4.79 Å². The second kappa shape index (κ2) is 2.50. The van der Waals surface area contributed by atoms with E-state index in [0.717, 1.165) is 9.90 Å². The molecule has 2 rings (SSSR count). The van der Waals surface area contributed by atoms with Crippen LogP contribution in [0.4, 0.5) is 0 Å². The Morgan fingerprint density at radius 2 is 2.45 bits per heavy atom. The number of hydrogen-bond acceptors (Lipinski definition) is 2. The van der Waals surface area contributed by atoms with Crippen molar-refractivity contribution in [3.05, 3.63) is 21.3 Å². The van der Waals surface area contributed by atoms with E-state index in [9.17, 15) is 4.79 Å². The third kappa shape index (κ3) is 1.26. The normalized spacial score (nSPS) is 22.6. The predicted molar refractivity (Wildman–Crippen MR) is 44.8 cm³/mol. The minimum absolute atomic E-state index is 0.123. The second-order valence-electron chi connectivity index (χ2n) is 2.51. The van der Waals surface area contributed by atoms with Gasteiger partial charge in [0, 0.05) is 0 Å². The zero-order valence-electron chi connectivity index (χ0n) is 5.63. The van der Waals surface area contributed by atoms with E-state index in [1.807, 2.05) is 11.4 Å². The highest BCUT2D eigenvalue weighted by atomic mass is 35.5. The number of rotatable bonds is 1. The number of halogens is 1. The molecule has 1 amide bonds. The fourth-order valence-corrected chi connectivity index (χ4v) is 2.01. The molecule has 58 valence electrons.